The predicted molar refractivity (Wildman–Crippen MR) is 141 cm³/mol. The molecule has 0 aliphatic carbocycles. The molecule has 2 aromatic carbocycles. The molecule has 0 radical (unpaired) electrons. The molecule has 1 aliphatic rings. The standard InChI is InChI=1S/C27H23N3O7S/c1-5-11-37-26(34)24-16(4)28-27(38-24)29-21(17-7-6-8-18(13-17)30(35)36)20(23(32)25(29)33)22(31)19-12-14(2)9-10-15(19)3/h5-10,12-13,21,31H,1,11H2,2-4H3. The third-order valence-corrected chi connectivity index (χ3v) is 7.14. The number of carbonyl (C=O) groups is 3. The number of aliphatic hydroxyl groups excluding tert-OH is 1. The van der Waals surface area contributed by atoms with Gasteiger partial charge in [-0.15, -0.1) is 0 Å². The lowest BCUT2D eigenvalue weighted by molar-refractivity contribution is -0.384. The number of aliphatic hydroxyl groups is 1. The van der Waals surface area contributed by atoms with Gasteiger partial charge in [0.2, 0.25) is 0 Å². The molecule has 1 aromatic heterocycles. The molecule has 1 unspecified atom stereocenters. The minimum absolute atomic E-state index is 0.00618. The number of anilines is 1. The molecule has 1 fully saturated rings. The number of rotatable bonds is 7. The molecule has 1 N–H and O–H groups in total. The van der Waals surface area contributed by atoms with Gasteiger partial charge in [-0.2, -0.15) is 0 Å². The second-order valence-electron chi connectivity index (χ2n) is 8.64. The van der Waals surface area contributed by atoms with Crippen LogP contribution >= 0.6 is 11.3 Å². The maximum atomic E-state index is 13.4. The molecule has 0 spiro atoms. The number of thiazole rings is 1. The highest BCUT2D eigenvalue weighted by Crippen LogP contribution is 2.44. The molecule has 1 atom stereocenters. The van der Waals surface area contributed by atoms with Crippen LogP contribution in [0.1, 0.15) is 43.7 Å². The van der Waals surface area contributed by atoms with Crippen LogP contribution in [-0.2, 0) is 14.3 Å². The number of aromatic nitrogens is 1. The van der Waals surface area contributed by atoms with Crippen LogP contribution in [0.4, 0.5) is 10.8 Å². The Morgan fingerprint density at radius 3 is 2.66 bits per heavy atom. The second-order valence-corrected chi connectivity index (χ2v) is 9.62. The number of nitrogens with zero attached hydrogens (tertiary/aromatic N) is 3. The van der Waals surface area contributed by atoms with Crippen molar-refractivity contribution in [3.05, 3.63) is 104 Å². The quantitative estimate of drug-likeness (QED) is 0.0856. The van der Waals surface area contributed by atoms with E-state index in [1.807, 2.05) is 13.0 Å². The smallest absolute Gasteiger partial charge is 0.350 e. The summed E-state index contributed by atoms with van der Waals surface area (Å²) >= 11 is 0.840. The second kappa shape index (κ2) is 10.4. The normalized spacial score (nSPS) is 16.5. The summed E-state index contributed by atoms with van der Waals surface area (Å²) in [6, 6.07) is 9.52. The number of carbonyl (C=O) groups excluding carboxylic acids is 3. The van der Waals surface area contributed by atoms with Gasteiger partial charge in [-0.1, -0.05) is 53.8 Å². The topological polar surface area (TPSA) is 140 Å². The van der Waals surface area contributed by atoms with E-state index >= 15 is 0 Å². The van der Waals surface area contributed by atoms with Gasteiger partial charge in [0, 0.05) is 17.7 Å². The molecule has 0 saturated carbocycles. The molecule has 1 amide bonds. The highest BCUT2D eigenvalue weighted by atomic mass is 32.1. The minimum atomic E-state index is -1.24. The molecule has 1 aliphatic heterocycles. The number of esters is 1. The molecule has 1 saturated heterocycles. The number of ether oxygens (including phenoxy) is 1. The van der Waals surface area contributed by atoms with E-state index in [9.17, 15) is 29.6 Å². The molecular formula is C27H23N3O7S. The Hall–Kier alpha value is -4.64. The summed E-state index contributed by atoms with van der Waals surface area (Å²) in [6.45, 7) is 8.60. The molecule has 38 heavy (non-hydrogen) atoms. The summed E-state index contributed by atoms with van der Waals surface area (Å²) in [6.07, 6.45) is 1.41. The zero-order chi connectivity index (χ0) is 27.7. The SMILES string of the molecule is C=CCOC(=O)c1sc(N2C(=O)C(=O)C(=C(O)c3cc(C)ccc3C)C2c2cccc([N+](=O)[O-])c2)nc1C. The summed E-state index contributed by atoms with van der Waals surface area (Å²) in [4.78, 5) is 55.7. The maximum absolute atomic E-state index is 13.4. The van der Waals surface area contributed by atoms with Gasteiger partial charge in [-0.05, 0) is 38.0 Å². The van der Waals surface area contributed by atoms with Crippen LogP contribution in [0.2, 0.25) is 0 Å². The maximum Gasteiger partial charge on any atom is 0.350 e. The van der Waals surface area contributed by atoms with E-state index in [0.29, 0.717) is 11.1 Å². The third kappa shape index (κ3) is 4.71. The van der Waals surface area contributed by atoms with Gasteiger partial charge in [0.15, 0.2) is 5.13 Å². The monoisotopic (exact) mass is 533 g/mol. The number of non-ortho nitro benzene ring substituents is 1. The van der Waals surface area contributed by atoms with Crippen LogP contribution in [0.3, 0.4) is 0 Å². The molecule has 3 aromatic rings. The first-order chi connectivity index (χ1) is 18.0. The van der Waals surface area contributed by atoms with Gasteiger partial charge in [0.25, 0.3) is 11.5 Å². The summed E-state index contributed by atoms with van der Waals surface area (Å²) in [5.74, 6) is -3.07. The van der Waals surface area contributed by atoms with E-state index in [0.717, 1.165) is 21.8 Å². The molecule has 0 bridgehead atoms. The average molecular weight is 534 g/mol. The number of hydrogen-bond donors (Lipinski definition) is 1. The Morgan fingerprint density at radius 2 is 1.97 bits per heavy atom. The minimum Gasteiger partial charge on any atom is -0.507 e. The van der Waals surface area contributed by atoms with Crippen LogP contribution in [0.5, 0.6) is 0 Å². The lowest BCUT2D eigenvalue weighted by Gasteiger charge is -2.23. The number of ketones is 1. The average Bonchev–Trinajstić information content (AvgIpc) is 3.40. The molecule has 10 nitrogen and oxygen atoms in total. The number of nitro groups is 1. The Kier molecular flexibility index (Phi) is 7.22. The fourth-order valence-corrected chi connectivity index (χ4v) is 5.15. The van der Waals surface area contributed by atoms with Crippen LogP contribution in [-0.4, -0.2) is 39.3 Å². The van der Waals surface area contributed by atoms with Crippen molar-refractivity contribution < 1.29 is 29.2 Å². The zero-order valence-electron chi connectivity index (χ0n) is 20.8. The Bertz CT molecular complexity index is 1540. The summed E-state index contributed by atoms with van der Waals surface area (Å²) < 4.78 is 5.10. The van der Waals surface area contributed by atoms with Crippen LogP contribution in [0, 0.1) is 30.9 Å². The van der Waals surface area contributed by atoms with Crippen molar-refractivity contribution in [1.29, 1.82) is 0 Å². The van der Waals surface area contributed by atoms with Crippen molar-refractivity contribution in [3.8, 4) is 0 Å². The summed E-state index contributed by atoms with van der Waals surface area (Å²) in [5, 5.41) is 22.9. The van der Waals surface area contributed by atoms with Gasteiger partial charge in [0.05, 0.1) is 22.2 Å². The van der Waals surface area contributed by atoms with Crippen molar-refractivity contribution in [1.82, 2.24) is 4.98 Å². The van der Waals surface area contributed by atoms with Gasteiger partial charge in [-0.25, -0.2) is 9.78 Å². The van der Waals surface area contributed by atoms with Crippen molar-refractivity contribution in [2.24, 2.45) is 0 Å². The fraction of sp³-hybridized carbons (Fsp3) is 0.185. The number of benzene rings is 2. The Labute approximate surface area is 221 Å². The lowest BCUT2D eigenvalue weighted by atomic mass is 9.93. The van der Waals surface area contributed by atoms with E-state index < -0.39 is 34.4 Å². The van der Waals surface area contributed by atoms with Gasteiger partial charge >= 0.3 is 11.9 Å². The highest BCUT2D eigenvalue weighted by molar-refractivity contribution is 7.17. The fourth-order valence-electron chi connectivity index (χ4n) is 4.16. The van der Waals surface area contributed by atoms with E-state index in [2.05, 4.69) is 11.6 Å². The van der Waals surface area contributed by atoms with Crippen LogP contribution in [0.25, 0.3) is 5.76 Å². The van der Waals surface area contributed by atoms with Crippen molar-refractivity contribution in [3.63, 3.8) is 0 Å². The first-order valence-electron chi connectivity index (χ1n) is 11.4. The number of hydrogen-bond acceptors (Lipinski definition) is 9. The van der Waals surface area contributed by atoms with Crippen molar-refractivity contribution in [2.45, 2.75) is 26.8 Å². The summed E-state index contributed by atoms with van der Waals surface area (Å²) in [5.41, 5.74) is 1.81. The number of aryl methyl sites for hydroxylation is 3. The Morgan fingerprint density at radius 1 is 1.24 bits per heavy atom. The highest BCUT2D eigenvalue weighted by Gasteiger charge is 2.49. The summed E-state index contributed by atoms with van der Waals surface area (Å²) in [7, 11) is 0. The zero-order valence-corrected chi connectivity index (χ0v) is 21.6. The van der Waals surface area contributed by atoms with Crippen molar-refractivity contribution >= 4 is 45.6 Å². The first-order valence-corrected chi connectivity index (χ1v) is 12.2. The Balaban J connectivity index is 1.95. The van der Waals surface area contributed by atoms with E-state index in [1.54, 1.807) is 26.0 Å². The van der Waals surface area contributed by atoms with Gasteiger partial charge in [-0.3, -0.25) is 24.6 Å². The predicted octanol–water partition coefficient (Wildman–Crippen LogP) is 4.95. The van der Waals surface area contributed by atoms with Crippen molar-refractivity contribution in [2.75, 3.05) is 11.5 Å². The number of nitro benzene ring substituents is 1. The van der Waals surface area contributed by atoms with E-state index in [-0.39, 0.29) is 39.1 Å². The lowest BCUT2D eigenvalue weighted by Crippen LogP contribution is -2.29. The molecule has 194 valence electrons. The number of Topliss-reactive ketones (excluding diaryl/α,β-unsaturated/α-hetero) is 1. The van der Waals surface area contributed by atoms with Gasteiger partial charge < -0.3 is 9.84 Å². The van der Waals surface area contributed by atoms with E-state index in [1.165, 1.54) is 30.3 Å². The molecule has 2 heterocycles. The van der Waals surface area contributed by atoms with E-state index in [4.69, 9.17) is 4.74 Å². The molecule has 11 heteroatoms. The largest absolute Gasteiger partial charge is 0.507 e. The number of amides is 1. The first kappa shape index (κ1) is 26.4. The third-order valence-electron chi connectivity index (χ3n) is 6.00. The van der Waals surface area contributed by atoms with Gasteiger partial charge in [0.1, 0.15) is 17.2 Å². The van der Waals surface area contributed by atoms with Crippen LogP contribution < -0.4 is 4.90 Å². The van der Waals surface area contributed by atoms with Crippen LogP contribution in [0.15, 0.2) is 60.7 Å². The molecular weight excluding hydrogens is 510 g/mol. The molecule has 4 rings (SSSR count).